The average molecular weight is 241 g/mol. The van der Waals surface area contributed by atoms with Crippen molar-refractivity contribution < 1.29 is 14.6 Å². The van der Waals surface area contributed by atoms with Crippen LogP contribution in [0.4, 0.5) is 0 Å². The topological polar surface area (TPSA) is 58.6 Å². The van der Waals surface area contributed by atoms with Gasteiger partial charge in [-0.1, -0.05) is 12.8 Å². The number of rotatable bonds is 3. The summed E-state index contributed by atoms with van der Waals surface area (Å²) in [7, 11) is 0. The molecule has 1 saturated carbocycles. The van der Waals surface area contributed by atoms with Crippen LogP contribution in [0.1, 0.15) is 52.4 Å². The first kappa shape index (κ1) is 12.8. The minimum atomic E-state index is -0.781. The van der Waals surface area contributed by atoms with Gasteiger partial charge in [-0.05, 0) is 33.1 Å². The van der Waals surface area contributed by atoms with Crippen molar-refractivity contribution in [2.75, 3.05) is 6.61 Å². The van der Waals surface area contributed by atoms with Crippen LogP contribution >= 0.6 is 0 Å². The predicted octanol–water partition coefficient (Wildman–Crippen LogP) is 1.93. The smallest absolute Gasteiger partial charge is 0.324 e. The Morgan fingerprint density at radius 1 is 1.35 bits per heavy atom. The molecule has 4 heteroatoms. The van der Waals surface area contributed by atoms with Gasteiger partial charge in [0.05, 0.1) is 5.60 Å². The maximum atomic E-state index is 11.6. The number of carbonyl (C=O) groups is 1. The van der Waals surface area contributed by atoms with Crippen molar-refractivity contribution in [3.05, 3.63) is 0 Å². The van der Waals surface area contributed by atoms with Gasteiger partial charge in [-0.25, -0.2) is 0 Å². The Kier molecular flexibility index (Phi) is 3.46. The van der Waals surface area contributed by atoms with E-state index in [9.17, 15) is 9.90 Å². The van der Waals surface area contributed by atoms with Crippen LogP contribution in [-0.2, 0) is 9.53 Å². The zero-order valence-electron chi connectivity index (χ0n) is 10.8. The fourth-order valence-electron chi connectivity index (χ4n) is 3.20. The molecule has 1 aliphatic heterocycles. The first-order valence-electron chi connectivity index (χ1n) is 6.59. The highest BCUT2D eigenvalue weighted by Gasteiger charge is 2.47. The van der Waals surface area contributed by atoms with Gasteiger partial charge in [-0.2, -0.15) is 0 Å². The van der Waals surface area contributed by atoms with E-state index < -0.39 is 11.5 Å². The zero-order chi connectivity index (χ0) is 12.5. The molecule has 1 saturated heterocycles. The molecule has 4 nitrogen and oxygen atoms in total. The highest BCUT2D eigenvalue weighted by molar-refractivity contribution is 5.79. The van der Waals surface area contributed by atoms with Crippen molar-refractivity contribution >= 4 is 5.97 Å². The molecule has 1 unspecified atom stereocenters. The lowest BCUT2D eigenvalue weighted by Gasteiger charge is -2.44. The number of carboxylic acid groups (broad SMARTS) is 1. The first-order chi connectivity index (χ1) is 7.94. The van der Waals surface area contributed by atoms with Crippen molar-refractivity contribution in [1.29, 1.82) is 0 Å². The Bertz CT molecular complexity index is 297. The number of nitrogens with one attached hydrogen (secondary N) is 1. The molecule has 0 radical (unpaired) electrons. The average Bonchev–Trinajstić information content (AvgIpc) is 2.68. The van der Waals surface area contributed by atoms with E-state index in [1.165, 1.54) is 12.8 Å². The summed E-state index contributed by atoms with van der Waals surface area (Å²) < 4.78 is 5.63. The molecule has 0 spiro atoms. The maximum Gasteiger partial charge on any atom is 0.324 e. The summed E-state index contributed by atoms with van der Waals surface area (Å²) in [5.41, 5.74) is -1.13. The third-order valence-electron chi connectivity index (χ3n) is 3.99. The molecular weight excluding hydrogens is 218 g/mol. The van der Waals surface area contributed by atoms with Crippen molar-refractivity contribution in [2.45, 2.75) is 69.6 Å². The third kappa shape index (κ3) is 2.80. The Hall–Kier alpha value is -0.610. The minimum absolute atomic E-state index is 0.345. The summed E-state index contributed by atoms with van der Waals surface area (Å²) in [4.78, 5) is 11.6. The lowest BCUT2D eigenvalue weighted by molar-refractivity contribution is -0.159. The molecule has 0 aromatic carbocycles. The number of carboxylic acids is 1. The van der Waals surface area contributed by atoms with Crippen molar-refractivity contribution in [1.82, 2.24) is 5.32 Å². The minimum Gasteiger partial charge on any atom is -0.480 e. The van der Waals surface area contributed by atoms with Crippen LogP contribution in [0.2, 0.25) is 0 Å². The lowest BCUT2D eigenvalue weighted by atomic mass is 9.80. The summed E-state index contributed by atoms with van der Waals surface area (Å²) in [5, 5.41) is 13.0. The van der Waals surface area contributed by atoms with Crippen molar-refractivity contribution in [3.8, 4) is 0 Å². The van der Waals surface area contributed by atoms with E-state index >= 15 is 0 Å². The zero-order valence-corrected chi connectivity index (χ0v) is 10.8. The second-order valence-electron chi connectivity index (χ2n) is 6.05. The molecule has 1 atom stereocenters. The van der Waals surface area contributed by atoms with Gasteiger partial charge in [-0.3, -0.25) is 10.1 Å². The molecule has 1 heterocycles. The van der Waals surface area contributed by atoms with E-state index in [0.717, 1.165) is 12.8 Å². The summed E-state index contributed by atoms with van der Waals surface area (Å²) in [6.07, 6.45) is 5.77. The maximum absolute atomic E-state index is 11.6. The molecule has 0 amide bonds. The molecule has 0 aromatic rings. The van der Waals surface area contributed by atoms with Gasteiger partial charge in [-0.15, -0.1) is 0 Å². The van der Waals surface area contributed by atoms with Crippen LogP contribution in [0.5, 0.6) is 0 Å². The van der Waals surface area contributed by atoms with Gasteiger partial charge >= 0.3 is 5.97 Å². The SMILES string of the molecule is CC1(C)CC(NC2CCCC2)(C(=O)O)CCO1. The van der Waals surface area contributed by atoms with E-state index in [1.807, 2.05) is 13.8 Å². The summed E-state index contributed by atoms with van der Waals surface area (Å²) >= 11 is 0. The van der Waals surface area contributed by atoms with Gasteiger partial charge in [0.15, 0.2) is 0 Å². The Balaban J connectivity index is 2.11. The largest absolute Gasteiger partial charge is 0.480 e. The monoisotopic (exact) mass is 241 g/mol. The Labute approximate surface area is 103 Å². The standard InChI is InChI=1S/C13H23NO3/c1-12(2)9-13(11(15)16,7-8-17-12)14-10-5-3-4-6-10/h10,14H,3-9H2,1-2H3,(H,15,16). The highest BCUT2D eigenvalue weighted by Crippen LogP contribution is 2.34. The van der Waals surface area contributed by atoms with E-state index in [4.69, 9.17) is 4.74 Å². The van der Waals surface area contributed by atoms with Crippen LogP contribution < -0.4 is 5.32 Å². The third-order valence-corrected chi connectivity index (χ3v) is 3.99. The summed E-state index contributed by atoms with van der Waals surface area (Å²) in [6, 6.07) is 0.375. The quantitative estimate of drug-likeness (QED) is 0.792. The number of aliphatic carboxylic acids is 1. The summed E-state index contributed by atoms with van der Waals surface area (Å²) in [6.45, 7) is 4.47. The van der Waals surface area contributed by atoms with Gasteiger partial charge in [0.25, 0.3) is 0 Å². The molecule has 0 aromatic heterocycles. The molecule has 1 aliphatic carbocycles. The van der Waals surface area contributed by atoms with E-state index in [2.05, 4.69) is 5.32 Å². The molecule has 2 aliphatic rings. The molecule has 2 fully saturated rings. The van der Waals surface area contributed by atoms with Crippen LogP contribution in [0.15, 0.2) is 0 Å². The fraction of sp³-hybridized carbons (Fsp3) is 0.923. The predicted molar refractivity (Wildman–Crippen MR) is 65.0 cm³/mol. The van der Waals surface area contributed by atoms with Gasteiger partial charge < -0.3 is 9.84 Å². The Morgan fingerprint density at radius 3 is 2.53 bits per heavy atom. The number of hydrogen-bond donors (Lipinski definition) is 2. The van der Waals surface area contributed by atoms with Crippen molar-refractivity contribution in [2.24, 2.45) is 0 Å². The van der Waals surface area contributed by atoms with E-state index in [1.54, 1.807) is 0 Å². The van der Waals surface area contributed by atoms with Gasteiger partial charge in [0.1, 0.15) is 5.54 Å². The molecule has 2 N–H and O–H groups in total. The van der Waals surface area contributed by atoms with Crippen LogP contribution in [0.25, 0.3) is 0 Å². The van der Waals surface area contributed by atoms with Crippen molar-refractivity contribution in [3.63, 3.8) is 0 Å². The molecule has 2 rings (SSSR count). The highest BCUT2D eigenvalue weighted by atomic mass is 16.5. The van der Waals surface area contributed by atoms with E-state index in [0.29, 0.717) is 25.5 Å². The first-order valence-corrected chi connectivity index (χ1v) is 6.59. The lowest BCUT2D eigenvalue weighted by Crippen LogP contribution is -2.61. The normalized spacial score (nSPS) is 33.8. The summed E-state index contributed by atoms with van der Waals surface area (Å²) in [5.74, 6) is -0.722. The molecule has 17 heavy (non-hydrogen) atoms. The fourth-order valence-corrected chi connectivity index (χ4v) is 3.20. The molecular formula is C13H23NO3. The molecule has 0 bridgehead atoms. The Morgan fingerprint density at radius 2 is 2.00 bits per heavy atom. The van der Waals surface area contributed by atoms with Crippen LogP contribution in [0, 0.1) is 0 Å². The number of hydrogen-bond acceptors (Lipinski definition) is 3. The second-order valence-corrected chi connectivity index (χ2v) is 6.05. The van der Waals surface area contributed by atoms with Crippen LogP contribution in [0.3, 0.4) is 0 Å². The van der Waals surface area contributed by atoms with Crippen LogP contribution in [-0.4, -0.2) is 34.9 Å². The van der Waals surface area contributed by atoms with Gasteiger partial charge in [0, 0.05) is 19.1 Å². The van der Waals surface area contributed by atoms with Gasteiger partial charge in [0.2, 0.25) is 0 Å². The molecule has 98 valence electrons. The number of ether oxygens (including phenoxy) is 1. The van der Waals surface area contributed by atoms with E-state index in [-0.39, 0.29) is 5.60 Å². The second kappa shape index (κ2) is 4.58.